The number of hydrogen-bond donors (Lipinski definition) is 1. The van der Waals surface area contributed by atoms with Crippen molar-refractivity contribution in [2.24, 2.45) is 0 Å². The smallest absolute Gasteiger partial charge is 0.270 e. The lowest BCUT2D eigenvalue weighted by atomic mass is 10.1. The van der Waals surface area contributed by atoms with E-state index in [4.69, 9.17) is 5.26 Å². The first-order chi connectivity index (χ1) is 13.4. The van der Waals surface area contributed by atoms with Crippen molar-refractivity contribution in [3.63, 3.8) is 0 Å². The van der Waals surface area contributed by atoms with E-state index in [1.807, 2.05) is 6.07 Å². The van der Waals surface area contributed by atoms with Gasteiger partial charge in [-0.2, -0.15) is 5.26 Å². The number of nitrogens with zero attached hydrogens (tertiary/aromatic N) is 4. The summed E-state index contributed by atoms with van der Waals surface area (Å²) in [6, 6.07) is 9.73. The molecule has 3 aromatic rings. The van der Waals surface area contributed by atoms with E-state index < -0.39 is 15.8 Å². The van der Waals surface area contributed by atoms with Crippen LogP contribution < -0.4 is 5.32 Å². The predicted molar refractivity (Wildman–Crippen MR) is 103 cm³/mol. The quantitative estimate of drug-likeness (QED) is 0.363. The number of aromatic nitrogens is 1. The molecule has 10 nitrogen and oxygen atoms in total. The number of hydrogen-bond acceptors (Lipinski definition) is 9. The normalized spacial score (nSPS) is 10.4. The Kier molecular flexibility index (Phi) is 5.48. The van der Waals surface area contributed by atoms with Gasteiger partial charge in [0.25, 0.3) is 11.4 Å². The first kappa shape index (κ1) is 19.2. The highest BCUT2D eigenvalue weighted by Gasteiger charge is 2.14. The number of non-ortho nitro benzene ring substituents is 2. The van der Waals surface area contributed by atoms with Gasteiger partial charge in [0.2, 0.25) is 5.91 Å². The molecule has 0 saturated carbocycles. The molecule has 1 aromatic heterocycles. The van der Waals surface area contributed by atoms with Crippen LogP contribution in [0.25, 0.3) is 10.2 Å². The lowest BCUT2D eigenvalue weighted by molar-refractivity contribution is -0.385. The molecule has 28 heavy (non-hydrogen) atoms. The molecule has 1 heterocycles. The van der Waals surface area contributed by atoms with Crippen molar-refractivity contribution < 1.29 is 14.6 Å². The topological polar surface area (TPSA) is 152 Å². The van der Waals surface area contributed by atoms with Gasteiger partial charge < -0.3 is 5.32 Å². The van der Waals surface area contributed by atoms with Gasteiger partial charge >= 0.3 is 0 Å². The Morgan fingerprint density at radius 2 is 1.86 bits per heavy atom. The zero-order valence-electron chi connectivity index (χ0n) is 13.8. The summed E-state index contributed by atoms with van der Waals surface area (Å²) in [5.41, 5.74) is 0.485. The molecule has 0 fully saturated rings. The highest BCUT2D eigenvalue weighted by molar-refractivity contribution is 8.01. The van der Waals surface area contributed by atoms with Gasteiger partial charge in [-0.05, 0) is 12.1 Å². The molecular formula is C16H9N5O5S2. The van der Waals surface area contributed by atoms with Crippen LogP contribution in [-0.2, 0) is 4.79 Å². The zero-order valence-corrected chi connectivity index (χ0v) is 15.5. The number of nitro benzene ring substituents is 2. The second-order valence-corrected chi connectivity index (χ2v) is 7.58. The van der Waals surface area contributed by atoms with Crippen LogP contribution in [0.15, 0.2) is 40.7 Å². The number of carbonyl (C=O) groups is 1. The first-order valence-electron chi connectivity index (χ1n) is 7.53. The van der Waals surface area contributed by atoms with E-state index in [-0.39, 0.29) is 28.4 Å². The molecule has 0 aliphatic carbocycles. The van der Waals surface area contributed by atoms with Crippen LogP contribution in [0, 0.1) is 31.6 Å². The molecule has 0 aliphatic rings. The lowest BCUT2D eigenvalue weighted by Gasteiger charge is -2.06. The van der Waals surface area contributed by atoms with Gasteiger partial charge in [-0.1, -0.05) is 11.8 Å². The summed E-state index contributed by atoms with van der Waals surface area (Å²) in [6.07, 6.45) is 0. The Morgan fingerprint density at radius 3 is 2.54 bits per heavy atom. The molecule has 0 atom stereocenters. The van der Waals surface area contributed by atoms with Crippen molar-refractivity contribution in [3.8, 4) is 6.07 Å². The standard InChI is InChI=1S/C16H9N5O5S2/c17-7-9-5-10(20(23)24)1-3-12(9)18-15(22)8-27-16-19-13-4-2-11(21(25)26)6-14(13)28-16/h1-6H,8H2,(H,18,22). The van der Waals surface area contributed by atoms with Crippen LogP contribution in [0.1, 0.15) is 5.56 Å². The molecule has 0 saturated heterocycles. The Balaban J connectivity index is 1.68. The van der Waals surface area contributed by atoms with Gasteiger partial charge in [0.15, 0.2) is 4.34 Å². The van der Waals surface area contributed by atoms with Crippen molar-refractivity contribution in [2.75, 3.05) is 11.1 Å². The predicted octanol–water partition coefficient (Wildman–Crippen LogP) is 3.72. The van der Waals surface area contributed by atoms with Crippen LogP contribution >= 0.6 is 23.1 Å². The number of anilines is 1. The number of nitriles is 1. The molecule has 0 radical (unpaired) electrons. The third kappa shape index (κ3) is 4.22. The minimum atomic E-state index is -0.625. The lowest BCUT2D eigenvalue weighted by Crippen LogP contribution is -2.15. The summed E-state index contributed by atoms with van der Waals surface area (Å²) >= 11 is 2.37. The van der Waals surface area contributed by atoms with Crippen LogP contribution in [0.3, 0.4) is 0 Å². The molecule has 0 bridgehead atoms. The average molecular weight is 415 g/mol. The van der Waals surface area contributed by atoms with Gasteiger partial charge in [-0.15, -0.1) is 11.3 Å². The summed E-state index contributed by atoms with van der Waals surface area (Å²) in [4.78, 5) is 36.9. The number of carbonyl (C=O) groups excluding carboxylic acids is 1. The largest absolute Gasteiger partial charge is 0.324 e. The van der Waals surface area contributed by atoms with E-state index in [0.29, 0.717) is 14.6 Å². The highest BCUT2D eigenvalue weighted by Crippen LogP contribution is 2.32. The third-order valence-corrected chi connectivity index (χ3v) is 5.66. The van der Waals surface area contributed by atoms with Gasteiger partial charge in [0.05, 0.1) is 37.1 Å². The van der Waals surface area contributed by atoms with E-state index in [2.05, 4.69) is 10.3 Å². The van der Waals surface area contributed by atoms with Crippen molar-refractivity contribution in [1.29, 1.82) is 5.26 Å². The second-order valence-electron chi connectivity index (χ2n) is 5.32. The minimum Gasteiger partial charge on any atom is -0.324 e. The van der Waals surface area contributed by atoms with E-state index in [1.54, 1.807) is 6.07 Å². The van der Waals surface area contributed by atoms with Crippen LogP contribution in [0.5, 0.6) is 0 Å². The molecule has 1 N–H and O–H groups in total. The van der Waals surface area contributed by atoms with E-state index >= 15 is 0 Å². The Labute approximate surface area is 165 Å². The fourth-order valence-corrected chi connectivity index (χ4v) is 4.13. The molecule has 0 unspecified atom stereocenters. The summed E-state index contributed by atoms with van der Waals surface area (Å²) in [6.45, 7) is 0. The number of thioether (sulfide) groups is 1. The third-order valence-electron chi connectivity index (χ3n) is 3.50. The first-order valence-corrected chi connectivity index (χ1v) is 9.34. The van der Waals surface area contributed by atoms with Crippen LogP contribution in [-0.4, -0.2) is 26.5 Å². The maximum absolute atomic E-state index is 12.1. The summed E-state index contributed by atoms with van der Waals surface area (Å²) in [7, 11) is 0. The van der Waals surface area contributed by atoms with Crippen molar-refractivity contribution >= 4 is 56.3 Å². The van der Waals surface area contributed by atoms with Gasteiger partial charge in [0, 0.05) is 24.3 Å². The summed E-state index contributed by atoms with van der Waals surface area (Å²) in [5.74, 6) is -0.426. The van der Waals surface area contributed by atoms with Crippen molar-refractivity contribution in [2.45, 2.75) is 4.34 Å². The molecular weight excluding hydrogens is 406 g/mol. The maximum atomic E-state index is 12.1. The van der Waals surface area contributed by atoms with E-state index in [9.17, 15) is 25.0 Å². The van der Waals surface area contributed by atoms with Crippen LogP contribution in [0.4, 0.5) is 17.1 Å². The zero-order chi connectivity index (χ0) is 20.3. The van der Waals surface area contributed by atoms with Gasteiger partial charge in [-0.3, -0.25) is 25.0 Å². The summed E-state index contributed by atoms with van der Waals surface area (Å²) in [5, 5.41) is 33.2. The fourth-order valence-electron chi connectivity index (χ4n) is 2.23. The van der Waals surface area contributed by atoms with E-state index in [1.165, 1.54) is 35.6 Å². The molecule has 12 heteroatoms. The Morgan fingerprint density at radius 1 is 1.18 bits per heavy atom. The minimum absolute atomic E-state index is 0.0101. The fraction of sp³-hybridized carbons (Fsp3) is 0.0625. The number of thiazole rings is 1. The SMILES string of the molecule is N#Cc1cc([N+](=O)[O-])ccc1NC(=O)CSc1nc2ccc([N+](=O)[O-])cc2s1. The maximum Gasteiger partial charge on any atom is 0.270 e. The van der Waals surface area contributed by atoms with Crippen molar-refractivity contribution in [3.05, 3.63) is 62.2 Å². The Bertz CT molecular complexity index is 1150. The molecule has 2 aromatic carbocycles. The number of amides is 1. The number of nitro groups is 2. The highest BCUT2D eigenvalue weighted by atomic mass is 32.2. The monoisotopic (exact) mass is 415 g/mol. The van der Waals surface area contributed by atoms with Crippen molar-refractivity contribution in [1.82, 2.24) is 4.98 Å². The number of rotatable bonds is 6. The second kappa shape index (κ2) is 7.99. The molecule has 140 valence electrons. The number of fused-ring (bicyclic) bond motifs is 1. The van der Waals surface area contributed by atoms with Gasteiger partial charge in [0.1, 0.15) is 6.07 Å². The average Bonchev–Trinajstić information content (AvgIpc) is 3.08. The molecule has 3 rings (SSSR count). The molecule has 0 aliphatic heterocycles. The van der Waals surface area contributed by atoms with Crippen LogP contribution in [0.2, 0.25) is 0 Å². The number of benzene rings is 2. The molecule has 1 amide bonds. The van der Waals surface area contributed by atoms with E-state index in [0.717, 1.165) is 17.8 Å². The summed E-state index contributed by atoms with van der Waals surface area (Å²) < 4.78 is 1.20. The number of nitrogens with one attached hydrogen (secondary N) is 1. The van der Waals surface area contributed by atoms with Gasteiger partial charge in [-0.25, -0.2) is 4.98 Å². The Hall–Kier alpha value is -3.56. The molecule has 0 spiro atoms.